The molecule has 0 bridgehead atoms. The van der Waals surface area contributed by atoms with Gasteiger partial charge in [0.1, 0.15) is 0 Å². The SMILES string of the molecule is CCCOCC(NN)C1CCCC1C. The monoisotopic (exact) mass is 200 g/mol. The Morgan fingerprint density at radius 3 is 2.79 bits per heavy atom. The van der Waals surface area contributed by atoms with Crippen LogP contribution in [0.25, 0.3) is 0 Å². The highest BCUT2D eigenvalue weighted by molar-refractivity contribution is 4.83. The Kier molecular flexibility index (Phi) is 5.45. The van der Waals surface area contributed by atoms with Crippen molar-refractivity contribution in [2.75, 3.05) is 13.2 Å². The van der Waals surface area contributed by atoms with Crippen LogP contribution >= 0.6 is 0 Å². The molecule has 14 heavy (non-hydrogen) atoms. The van der Waals surface area contributed by atoms with Crippen LogP contribution in [0.2, 0.25) is 0 Å². The van der Waals surface area contributed by atoms with Crippen LogP contribution in [0, 0.1) is 11.8 Å². The summed E-state index contributed by atoms with van der Waals surface area (Å²) in [7, 11) is 0. The lowest BCUT2D eigenvalue weighted by Gasteiger charge is -2.26. The number of hydrogen-bond acceptors (Lipinski definition) is 3. The molecular weight excluding hydrogens is 176 g/mol. The summed E-state index contributed by atoms with van der Waals surface area (Å²) >= 11 is 0. The summed E-state index contributed by atoms with van der Waals surface area (Å²) in [6.45, 7) is 6.06. The molecule has 3 N–H and O–H groups in total. The van der Waals surface area contributed by atoms with E-state index in [1.54, 1.807) is 0 Å². The molecular formula is C11H24N2O. The van der Waals surface area contributed by atoms with Crippen LogP contribution in [0.15, 0.2) is 0 Å². The maximum atomic E-state index is 5.57. The molecule has 1 saturated carbocycles. The highest BCUT2D eigenvalue weighted by atomic mass is 16.5. The number of ether oxygens (including phenoxy) is 1. The first-order chi connectivity index (χ1) is 6.79. The summed E-state index contributed by atoms with van der Waals surface area (Å²) in [6, 6.07) is 0.346. The normalized spacial score (nSPS) is 29.4. The van der Waals surface area contributed by atoms with Gasteiger partial charge in [-0.25, -0.2) is 0 Å². The Balaban J connectivity index is 2.29. The van der Waals surface area contributed by atoms with Crippen molar-refractivity contribution in [1.82, 2.24) is 5.43 Å². The Morgan fingerprint density at radius 1 is 1.50 bits per heavy atom. The summed E-state index contributed by atoms with van der Waals surface area (Å²) < 4.78 is 5.55. The van der Waals surface area contributed by atoms with Crippen LogP contribution in [0.3, 0.4) is 0 Å². The van der Waals surface area contributed by atoms with E-state index in [-0.39, 0.29) is 0 Å². The zero-order valence-electron chi connectivity index (χ0n) is 9.46. The third kappa shape index (κ3) is 3.23. The lowest BCUT2D eigenvalue weighted by Crippen LogP contribution is -2.45. The van der Waals surface area contributed by atoms with Gasteiger partial charge in [-0.2, -0.15) is 0 Å². The van der Waals surface area contributed by atoms with Crippen molar-refractivity contribution in [3.8, 4) is 0 Å². The van der Waals surface area contributed by atoms with Gasteiger partial charge in [0.25, 0.3) is 0 Å². The standard InChI is InChI=1S/C11H24N2O/c1-3-7-14-8-11(13-12)10-6-4-5-9(10)2/h9-11,13H,3-8,12H2,1-2H3. The number of rotatable bonds is 6. The third-order valence-corrected chi connectivity index (χ3v) is 3.30. The highest BCUT2D eigenvalue weighted by Crippen LogP contribution is 2.33. The summed E-state index contributed by atoms with van der Waals surface area (Å²) in [6.07, 6.45) is 5.07. The largest absolute Gasteiger partial charge is 0.380 e. The van der Waals surface area contributed by atoms with Crippen LogP contribution in [0.4, 0.5) is 0 Å². The van der Waals surface area contributed by atoms with Crippen molar-refractivity contribution >= 4 is 0 Å². The number of nitrogens with one attached hydrogen (secondary N) is 1. The lowest BCUT2D eigenvalue weighted by atomic mass is 9.91. The Labute approximate surface area is 87.4 Å². The fraction of sp³-hybridized carbons (Fsp3) is 1.00. The molecule has 1 aliphatic rings. The van der Waals surface area contributed by atoms with Crippen LogP contribution in [-0.4, -0.2) is 19.3 Å². The van der Waals surface area contributed by atoms with Gasteiger partial charge in [-0.15, -0.1) is 0 Å². The minimum Gasteiger partial charge on any atom is -0.380 e. The molecule has 0 aliphatic heterocycles. The number of hydrogen-bond donors (Lipinski definition) is 2. The predicted molar refractivity (Wildman–Crippen MR) is 58.7 cm³/mol. The van der Waals surface area contributed by atoms with Gasteiger partial charge in [0, 0.05) is 12.6 Å². The van der Waals surface area contributed by atoms with Gasteiger partial charge >= 0.3 is 0 Å². The van der Waals surface area contributed by atoms with Crippen molar-refractivity contribution in [1.29, 1.82) is 0 Å². The maximum Gasteiger partial charge on any atom is 0.0635 e. The quantitative estimate of drug-likeness (QED) is 0.389. The molecule has 3 unspecified atom stereocenters. The molecule has 0 aromatic heterocycles. The first-order valence-corrected chi connectivity index (χ1v) is 5.83. The van der Waals surface area contributed by atoms with E-state index in [1.165, 1.54) is 19.3 Å². The fourth-order valence-corrected chi connectivity index (χ4v) is 2.42. The fourth-order valence-electron chi connectivity index (χ4n) is 2.42. The Bertz CT molecular complexity index is 152. The van der Waals surface area contributed by atoms with Crippen LogP contribution in [0.1, 0.15) is 39.5 Å². The summed E-state index contributed by atoms with van der Waals surface area (Å²) in [5.74, 6) is 7.07. The Hall–Kier alpha value is -0.120. The lowest BCUT2D eigenvalue weighted by molar-refractivity contribution is 0.0867. The highest BCUT2D eigenvalue weighted by Gasteiger charge is 2.30. The molecule has 0 aromatic carbocycles. The second kappa shape index (κ2) is 6.38. The molecule has 0 spiro atoms. The number of nitrogens with two attached hydrogens (primary N) is 1. The first-order valence-electron chi connectivity index (χ1n) is 5.83. The maximum absolute atomic E-state index is 5.57. The van der Waals surface area contributed by atoms with Crippen LogP contribution in [0.5, 0.6) is 0 Å². The molecule has 0 amide bonds. The smallest absolute Gasteiger partial charge is 0.0635 e. The van der Waals surface area contributed by atoms with Gasteiger partial charge < -0.3 is 4.74 Å². The van der Waals surface area contributed by atoms with Gasteiger partial charge in [-0.05, 0) is 24.7 Å². The van der Waals surface area contributed by atoms with E-state index in [0.29, 0.717) is 12.0 Å². The summed E-state index contributed by atoms with van der Waals surface area (Å²) in [5, 5.41) is 0. The molecule has 1 fully saturated rings. The van der Waals surface area contributed by atoms with E-state index in [9.17, 15) is 0 Å². The molecule has 84 valence electrons. The first kappa shape index (κ1) is 12.0. The molecule has 3 heteroatoms. The third-order valence-electron chi connectivity index (χ3n) is 3.30. The van der Waals surface area contributed by atoms with Crippen molar-refractivity contribution < 1.29 is 4.74 Å². The van der Waals surface area contributed by atoms with Crippen LogP contribution < -0.4 is 11.3 Å². The molecule has 3 atom stereocenters. The molecule has 1 aliphatic carbocycles. The molecule has 0 heterocycles. The van der Waals surface area contributed by atoms with E-state index < -0.39 is 0 Å². The second-order valence-electron chi connectivity index (χ2n) is 4.42. The van der Waals surface area contributed by atoms with Crippen molar-refractivity contribution in [2.45, 2.75) is 45.6 Å². The molecule has 0 aromatic rings. The topological polar surface area (TPSA) is 47.3 Å². The summed E-state index contributed by atoms with van der Waals surface area (Å²) in [5.41, 5.74) is 2.91. The van der Waals surface area contributed by atoms with Crippen LogP contribution in [-0.2, 0) is 4.74 Å². The van der Waals surface area contributed by atoms with Gasteiger partial charge in [0.15, 0.2) is 0 Å². The van der Waals surface area contributed by atoms with Gasteiger partial charge in [-0.1, -0.05) is 26.7 Å². The molecule has 0 saturated heterocycles. The van der Waals surface area contributed by atoms with Crippen molar-refractivity contribution in [3.05, 3.63) is 0 Å². The average Bonchev–Trinajstić information content (AvgIpc) is 2.60. The molecule has 0 radical (unpaired) electrons. The zero-order chi connectivity index (χ0) is 10.4. The van der Waals surface area contributed by atoms with E-state index >= 15 is 0 Å². The Morgan fingerprint density at radius 2 is 2.29 bits per heavy atom. The predicted octanol–water partition coefficient (Wildman–Crippen LogP) is 1.68. The second-order valence-corrected chi connectivity index (χ2v) is 4.42. The zero-order valence-corrected chi connectivity index (χ0v) is 9.46. The van der Waals surface area contributed by atoms with E-state index in [1.807, 2.05) is 0 Å². The van der Waals surface area contributed by atoms with E-state index in [2.05, 4.69) is 19.3 Å². The van der Waals surface area contributed by atoms with E-state index in [4.69, 9.17) is 10.6 Å². The van der Waals surface area contributed by atoms with Gasteiger partial charge in [-0.3, -0.25) is 11.3 Å². The minimum absolute atomic E-state index is 0.346. The number of hydrazine groups is 1. The van der Waals surface area contributed by atoms with Crippen molar-refractivity contribution in [2.24, 2.45) is 17.7 Å². The van der Waals surface area contributed by atoms with Gasteiger partial charge in [0.2, 0.25) is 0 Å². The average molecular weight is 200 g/mol. The van der Waals surface area contributed by atoms with Gasteiger partial charge in [0.05, 0.1) is 6.61 Å². The van der Waals surface area contributed by atoms with Crippen molar-refractivity contribution in [3.63, 3.8) is 0 Å². The van der Waals surface area contributed by atoms with E-state index in [0.717, 1.165) is 25.6 Å². The molecule has 3 nitrogen and oxygen atoms in total. The molecule has 1 rings (SSSR count). The summed E-state index contributed by atoms with van der Waals surface area (Å²) in [4.78, 5) is 0. The minimum atomic E-state index is 0.346.